The van der Waals surface area contributed by atoms with Gasteiger partial charge in [-0.15, -0.1) is 0 Å². The Morgan fingerprint density at radius 3 is 2.28 bits per heavy atom. The zero-order chi connectivity index (χ0) is 23.3. The maximum absolute atomic E-state index is 12.7. The molecule has 170 valence electrons. The minimum Gasteiger partial charge on any atom is -0.465 e. The van der Waals surface area contributed by atoms with Crippen LogP contribution in [0.25, 0.3) is 0 Å². The van der Waals surface area contributed by atoms with Crippen LogP contribution in [-0.4, -0.2) is 69.7 Å². The molecule has 2 aromatic carbocycles. The fraction of sp³-hybridized carbons (Fsp3) is 0.375. The second-order valence-corrected chi connectivity index (χ2v) is 7.77. The zero-order valence-electron chi connectivity index (χ0n) is 18.9. The van der Waals surface area contributed by atoms with Crippen LogP contribution < -0.4 is 10.2 Å². The summed E-state index contributed by atoms with van der Waals surface area (Å²) in [5.74, 6) is -1.42. The highest BCUT2D eigenvalue weighted by atomic mass is 16.5. The van der Waals surface area contributed by atoms with Gasteiger partial charge in [0.2, 0.25) is 5.91 Å². The molecule has 2 aromatic rings. The van der Waals surface area contributed by atoms with Gasteiger partial charge in [0.05, 0.1) is 37.6 Å². The SMILES string of the molecule is COC(=O)c1ccc(C(=O)OC)c(NC(=O)CN2CCN(c3cccc(C)c3C)CC2)c1. The Bertz CT molecular complexity index is 1010. The molecule has 1 aliphatic rings. The van der Waals surface area contributed by atoms with E-state index in [1.54, 1.807) is 0 Å². The van der Waals surface area contributed by atoms with E-state index < -0.39 is 11.9 Å². The molecule has 1 aliphatic heterocycles. The first-order valence-electron chi connectivity index (χ1n) is 10.5. The second-order valence-electron chi connectivity index (χ2n) is 7.77. The van der Waals surface area contributed by atoms with Gasteiger partial charge in [0.1, 0.15) is 0 Å². The molecule has 8 heteroatoms. The van der Waals surface area contributed by atoms with E-state index in [4.69, 9.17) is 9.47 Å². The van der Waals surface area contributed by atoms with Gasteiger partial charge in [0, 0.05) is 31.9 Å². The molecule has 1 heterocycles. The van der Waals surface area contributed by atoms with E-state index in [0.29, 0.717) is 0 Å². The molecule has 0 bridgehead atoms. The summed E-state index contributed by atoms with van der Waals surface area (Å²) in [6, 6.07) is 10.6. The average molecular weight is 440 g/mol. The molecule has 0 radical (unpaired) electrons. The Kier molecular flexibility index (Phi) is 7.48. The first kappa shape index (κ1) is 23.3. The fourth-order valence-corrected chi connectivity index (χ4v) is 3.80. The third-order valence-corrected chi connectivity index (χ3v) is 5.78. The number of aryl methyl sites for hydroxylation is 1. The molecule has 3 rings (SSSR count). The lowest BCUT2D eigenvalue weighted by Crippen LogP contribution is -2.49. The van der Waals surface area contributed by atoms with Crippen LogP contribution >= 0.6 is 0 Å². The molecule has 0 saturated carbocycles. The maximum atomic E-state index is 12.7. The summed E-state index contributed by atoms with van der Waals surface area (Å²) in [7, 11) is 2.53. The quantitative estimate of drug-likeness (QED) is 0.692. The Morgan fingerprint density at radius 2 is 1.62 bits per heavy atom. The number of carbonyl (C=O) groups is 3. The summed E-state index contributed by atoms with van der Waals surface area (Å²) in [5.41, 5.74) is 4.40. The Labute approximate surface area is 188 Å². The van der Waals surface area contributed by atoms with Crippen molar-refractivity contribution in [3.8, 4) is 0 Å². The molecule has 1 amide bonds. The van der Waals surface area contributed by atoms with Gasteiger partial charge in [-0.3, -0.25) is 9.69 Å². The van der Waals surface area contributed by atoms with E-state index in [2.05, 4.69) is 47.2 Å². The molecule has 8 nitrogen and oxygen atoms in total. The third-order valence-electron chi connectivity index (χ3n) is 5.78. The van der Waals surface area contributed by atoms with Gasteiger partial charge < -0.3 is 19.7 Å². The molecule has 1 N–H and O–H groups in total. The molecule has 0 aliphatic carbocycles. The van der Waals surface area contributed by atoms with Crippen molar-refractivity contribution in [3.63, 3.8) is 0 Å². The Morgan fingerprint density at radius 1 is 0.938 bits per heavy atom. The number of esters is 2. The van der Waals surface area contributed by atoms with Gasteiger partial charge in [0.15, 0.2) is 0 Å². The highest BCUT2D eigenvalue weighted by Crippen LogP contribution is 2.24. The van der Waals surface area contributed by atoms with Crippen LogP contribution in [0.5, 0.6) is 0 Å². The lowest BCUT2D eigenvalue weighted by Gasteiger charge is -2.36. The molecule has 1 saturated heterocycles. The standard InChI is InChI=1S/C24H29N3O5/c1-16-6-5-7-21(17(16)2)27-12-10-26(11-13-27)15-22(28)25-20-14-18(23(29)31-3)8-9-19(20)24(30)32-4/h5-9,14H,10-13,15H2,1-4H3,(H,25,28). The van der Waals surface area contributed by atoms with E-state index in [1.807, 2.05) is 0 Å². The van der Waals surface area contributed by atoms with Gasteiger partial charge in [-0.1, -0.05) is 12.1 Å². The third kappa shape index (κ3) is 5.26. The molecule has 0 atom stereocenters. The van der Waals surface area contributed by atoms with Crippen molar-refractivity contribution < 1.29 is 23.9 Å². The van der Waals surface area contributed by atoms with Gasteiger partial charge in [0.25, 0.3) is 0 Å². The second kappa shape index (κ2) is 10.3. The zero-order valence-corrected chi connectivity index (χ0v) is 18.9. The molecular formula is C24H29N3O5. The van der Waals surface area contributed by atoms with Gasteiger partial charge in [-0.05, 0) is 49.2 Å². The van der Waals surface area contributed by atoms with Crippen molar-refractivity contribution in [2.24, 2.45) is 0 Å². The van der Waals surface area contributed by atoms with Crippen LogP contribution in [0.2, 0.25) is 0 Å². The summed E-state index contributed by atoms with van der Waals surface area (Å²) in [5, 5.41) is 2.75. The van der Waals surface area contributed by atoms with Crippen molar-refractivity contribution in [2.75, 3.05) is 57.2 Å². The van der Waals surface area contributed by atoms with E-state index >= 15 is 0 Å². The lowest BCUT2D eigenvalue weighted by atomic mass is 10.1. The number of hydrogen-bond acceptors (Lipinski definition) is 7. The molecule has 0 spiro atoms. The van der Waals surface area contributed by atoms with E-state index in [-0.39, 0.29) is 29.3 Å². The van der Waals surface area contributed by atoms with E-state index in [1.165, 1.54) is 49.2 Å². The number of amides is 1. The van der Waals surface area contributed by atoms with E-state index in [0.717, 1.165) is 26.2 Å². The minimum absolute atomic E-state index is 0.174. The summed E-state index contributed by atoms with van der Waals surface area (Å²) in [6.07, 6.45) is 0. The number of anilines is 2. The smallest absolute Gasteiger partial charge is 0.339 e. The molecule has 1 fully saturated rings. The molecule has 0 aromatic heterocycles. The predicted octanol–water partition coefficient (Wildman–Crippen LogP) is 2.64. The minimum atomic E-state index is -0.598. The summed E-state index contributed by atoms with van der Waals surface area (Å²) in [4.78, 5) is 41.0. The Balaban J connectivity index is 1.64. The van der Waals surface area contributed by atoms with Crippen molar-refractivity contribution in [2.45, 2.75) is 13.8 Å². The number of nitrogens with one attached hydrogen (secondary N) is 1. The normalized spacial score (nSPS) is 14.1. The monoisotopic (exact) mass is 439 g/mol. The van der Waals surface area contributed by atoms with Gasteiger partial charge >= 0.3 is 11.9 Å². The number of piperazine rings is 1. The number of carbonyl (C=O) groups excluding carboxylic acids is 3. The number of ether oxygens (including phenoxy) is 2. The molecule has 32 heavy (non-hydrogen) atoms. The van der Waals surface area contributed by atoms with Gasteiger partial charge in [-0.25, -0.2) is 9.59 Å². The summed E-state index contributed by atoms with van der Waals surface area (Å²) < 4.78 is 9.51. The van der Waals surface area contributed by atoms with Crippen LogP contribution in [0, 0.1) is 13.8 Å². The predicted molar refractivity (Wildman–Crippen MR) is 122 cm³/mol. The van der Waals surface area contributed by atoms with Crippen LogP contribution in [-0.2, 0) is 14.3 Å². The van der Waals surface area contributed by atoms with Crippen LogP contribution in [0.1, 0.15) is 31.8 Å². The number of rotatable bonds is 6. The number of benzene rings is 2. The van der Waals surface area contributed by atoms with Crippen molar-refractivity contribution in [1.29, 1.82) is 0 Å². The van der Waals surface area contributed by atoms with Crippen molar-refractivity contribution in [3.05, 3.63) is 58.7 Å². The number of methoxy groups -OCH3 is 2. The van der Waals surface area contributed by atoms with Crippen molar-refractivity contribution in [1.82, 2.24) is 4.90 Å². The summed E-state index contributed by atoms with van der Waals surface area (Å²) >= 11 is 0. The van der Waals surface area contributed by atoms with E-state index in [9.17, 15) is 14.4 Å². The highest BCUT2D eigenvalue weighted by Gasteiger charge is 2.22. The lowest BCUT2D eigenvalue weighted by molar-refractivity contribution is -0.117. The van der Waals surface area contributed by atoms with Gasteiger partial charge in [-0.2, -0.15) is 0 Å². The topological polar surface area (TPSA) is 88.2 Å². The number of hydrogen-bond donors (Lipinski definition) is 1. The average Bonchev–Trinajstić information content (AvgIpc) is 2.80. The fourth-order valence-electron chi connectivity index (χ4n) is 3.80. The van der Waals surface area contributed by atoms with Crippen LogP contribution in [0.3, 0.4) is 0 Å². The van der Waals surface area contributed by atoms with Crippen molar-refractivity contribution >= 4 is 29.2 Å². The molecular weight excluding hydrogens is 410 g/mol. The maximum Gasteiger partial charge on any atom is 0.339 e. The van der Waals surface area contributed by atoms with Crippen LogP contribution in [0.4, 0.5) is 11.4 Å². The highest BCUT2D eigenvalue weighted by molar-refractivity contribution is 6.03. The first-order chi connectivity index (χ1) is 15.3. The Hall–Kier alpha value is -3.39. The summed E-state index contributed by atoms with van der Waals surface area (Å²) in [6.45, 7) is 7.55. The largest absolute Gasteiger partial charge is 0.465 e. The first-order valence-corrected chi connectivity index (χ1v) is 10.5. The number of nitrogens with zero attached hydrogens (tertiary/aromatic N) is 2. The molecule has 0 unspecified atom stereocenters. The van der Waals surface area contributed by atoms with Crippen LogP contribution in [0.15, 0.2) is 36.4 Å².